The molecule has 1 fully saturated rings. The monoisotopic (exact) mass is 213 g/mol. The van der Waals surface area contributed by atoms with Crippen molar-refractivity contribution in [3.63, 3.8) is 0 Å². The summed E-state index contributed by atoms with van der Waals surface area (Å²) in [5, 5.41) is 12.3. The molecule has 0 saturated heterocycles. The Hall–Kier alpha value is -0.570. The highest BCUT2D eigenvalue weighted by atomic mass is 16.3. The molecule has 0 aliphatic heterocycles. The van der Waals surface area contributed by atoms with Gasteiger partial charge in [0.2, 0.25) is 5.91 Å². The Balaban J connectivity index is 2.32. The van der Waals surface area contributed by atoms with Crippen LogP contribution < -0.4 is 5.32 Å². The molecule has 3 nitrogen and oxygen atoms in total. The maximum absolute atomic E-state index is 11.8. The fraction of sp³-hybridized carbons (Fsp3) is 0.917. The summed E-state index contributed by atoms with van der Waals surface area (Å²) in [7, 11) is 0. The minimum absolute atomic E-state index is 0.0871. The Kier molecular flexibility index (Phi) is 4.14. The highest BCUT2D eigenvalue weighted by Crippen LogP contribution is 2.31. The van der Waals surface area contributed by atoms with E-state index in [0.717, 1.165) is 0 Å². The lowest BCUT2D eigenvalue weighted by atomic mass is 9.92. The fourth-order valence-corrected chi connectivity index (χ4v) is 2.14. The van der Waals surface area contributed by atoms with Crippen molar-refractivity contribution >= 4 is 5.91 Å². The predicted molar refractivity (Wildman–Crippen MR) is 60.4 cm³/mol. The summed E-state index contributed by atoms with van der Waals surface area (Å²) < 4.78 is 0. The Labute approximate surface area is 92.3 Å². The van der Waals surface area contributed by atoms with Crippen molar-refractivity contribution in [2.75, 3.05) is 6.54 Å². The second-order valence-electron chi connectivity index (χ2n) is 5.36. The second-order valence-corrected chi connectivity index (χ2v) is 5.36. The molecule has 1 aliphatic rings. The lowest BCUT2D eigenvalue weighted by Gasteiger charge is -2.22. The topological polar surface area (TPSA) is 49.3 Å². The van der Waals surface area contributed by atoms with Gasteiger partial charge in [-0.2, -0.15) is 0 Å². The SMILES string of the molecule is CC(C(=O)NCC(C)(C)O)C1CCCC1. The molecular weight excluding hydrogens is 190 g/mol. The van der Waals surface area contributed by atoms with Crippen molar-refractivity contribution < 1.29 is 9.90 Å². The average Bonchev–Trinajstić information content (AvgIpc) is 2.64. The van der Waals surface area contributed by atoms with E-state index in [4.69, 9.17) is 0 Å². The molecule has 0 aromatic heterocycles. The minimum Gasteiger partial charge on any atom is -0.389 e. The van der Waals surface area contributed by atoms with E-state index in [-0.39, 0.29) is 11.8 Å². The van der Waals surface area contributed by atoms with E-state index >= 15 is 0 Å². The molecule has 15 heavy (non-hydrogen) atoms. The summed E-state index contributed by atoms with van der Waals surface area (Å²) >= 11 is 0. The van der Waals surface area contributed by atoms with Crippen molar-refractivity contribution in [3.05, 3.63) is 0 Å². The highest BCUT2D eigenvalue weighted by Gasteiger charge is 2.27. The highest BCUT2D eigenvalue weighted by molar-refractivity contribution is 5.78. The number of carbonyl (C=O) groups is 1. The molecule has 2 N–H and O–H groups in total. The van der Waals surface area contributed by atoms with Crippen molar-refractivity contribution in [2.24, 2.45) is 11.8 Å². The number of aliphatic hydroxyl groups is 1. The van der Waals surface area contributed by atoms with E-state index < -0.39 is 5.60 Å². The van der Waals surface area contributed by atoms with E-state index in [9.17, 15) is 9.90 Å². The molecule has 88 valence electrons. The second kappa shape index (κ2) is 4.97. The number of carbonyl (C=O) groups excluding carboxylic acids is 1. The maximum Gasteiger partial charge on any atom is 0.223 e. The molecule has 0 spiro atoms. The van der Waals surface area contributed by atoms with E-state index in [0.29, 0.717) is 12.5 Å². The lowest BCUT2D eigenvalue weighted by Crippen LogP contribution is -2.41. The molecule has 0 aromatic rings. The first-order chi connectivity index (χ1) is 6.90. The van der Waals surface area contributed by atoms with Gasteiger partial charge in [0.1, 0.15) is 0 Å². The number of rotatable bonds is 4. The van der Waals surface area contributed by atoms with Crippen molar-refractivity contribution in [2.45, 2.75) is 52.1 Å². The molecule has 0 bridgehead atoms. The molecular formula is C12H23NO2. The Morgan fingerprint density at radius 1 is 1.47 bits per heavy atom. The molecule has 1 unspecified atom stereocenters. The molecule has 3 heteroatoms. The zero-order chi connectivity index (χ0) is 11.5. The van der Waals surface area contributed by atoms with Gasteiger partial charge in [-0.05, 0) is 32.6 Å². The largest absolute Gasteiger partial charge is 0.389 e. The lowest BCUT2D eigenvalue weighted by molar-refractivity contribution is -0.127. The number of hydrogen-bond donors (Lipinski definition) is 2. The zero-order valence-electron chi connectivity index (χ0n) is 10.0. The minimum atomic E-state index is -0.814. The van der Waals surface area contributed by atoms with Gasteiger partial charge >= 0.3 is 0 Å². The van der Waals surface area contributed by atoms with Crippen LogP contribution in [0.25, 0.3) is 0 Å². The summed E-state index contributed by atoms with van der Waals surface area (Å²) in [4.78, 5) is 11.8. The standard InChI is InChI=1S/C12H23NO2/c1-9(10-6-4-5-7-10)11(14)13-8-12(2,3)15/h9-10,15H,4-8H2,1-3H3,(H,13,14). The maximum atomic E-state index is 11.8. The summed E-state index contributed by atoms with van der Waals surface area (Å²) in [6, 6.07) is 0. The average molecular weight is 213 g/mol. The summed E-state index contributed by atoms with van der Waals surface area (Å²) in [5.41, 5.74) is -0.814. The molecule has 1 rings (SSSR count). The third kappa shape index (κ3) is 4.20. The molecule has 1 aliphatic carbocycles. The van der Waals surface area contributed by atoms with Crippen LogP contribution in [0.1, 0.15) is 46.5 Å². The fourth-order valence-electron chi connectivity index (χ4n) is 2.14. The molecule has 1 amide bonds. The van der Waals surface area contributed by atoms with Gasteiger partial charge in [-0.1, -0.05) is 19.8 Å². The first-order valence-corrected chi connectivity index (χ1v) is 5.90. The van der Waals surface area contributed by atoms with Crippen LogP contribution in [0.4, 0.5) is 0 Å². The van der Waals surface area contributed by atoms with Gasteiger partial charge in [0, 0.05) is 12.5 Å². The number of hydrogen-bond acceptors (Lipinski definition) is 2. The quantitative estimate of drug-likeness (QED) is 0.746. The third-order valence-corrected chi connectivity index (χ3v) is 3.22. The Bertz CT molecular complexity index is 214. The van der Waals surface area contributed by atoms with E-state index in [2.05, 4.69) is 5.32 Å². The molecule has 0 aromatic carbocycles. The molecule has 0 radical (unpaired) electrons. The third-order valence-electron chi connectivity index (χ3n) is 3.22. The van der Waals surface area contributed by atoms with Gasteiger partial charge in [0.25, 0.3) is 0 Å². The van der Waals surface area contributed by atoms with Crippen molar-refractivity contribution in [3.8, 4) is 0 Å². The van der Waals surface area contributed by atoms with Crippen LogP contribution in [0.5, 0.6) is 0 Å². The van der Waals surface area contributed by atoms with Crippen molar-refractivity contribution in [1.29, 1.82) is 0 Å². The van der Waals surface area contributed by atoms with Crippen LogP contribution in [0.3, 0.4) is 0 Å². The normalized spacial score (nSPS) is 20.3. The molecule has 0 heterocycles. The van der Waals surface area contributed by atoms with Crippen LogP contribution in [0.15, 0.2) is 0 Å². The molecule has 1 atom stereocenters. The smallest absolute Gasteiger partial charge is 0.223 e. The summed E-state index contributed by atoms with van der Waals surface area (Å²) in [6.45, 7) is 5.74. The van der Waals surface area contributed by atoms with Crippen LogP contribution in [0, 0.1) is 11.8 Å². The first kappa shape index (κ1) is 12.5. The Morgan fingerprint density at radius 3 is 2.47 bits per heavy atom. The van der Waals surface area contributed by atoms with Crippen molar-refractivity contribution in [1.82, 2.24) is 5.32 Å². The van der Waals surface area contributed by atoms with E-state index in [1.165, 1.54) is 25.7 Å². The van der Waals surface area contributed by atoms with Gasteiger partial charge in [0.15, 0.2) is 0 Å². The van der Waals surface area contributed by atoms with Crippen LogP contribution in [0.2, 0.25) is 0 Å². The van der Waals surface area contributed by atoms with E-state index in [1.54, 1.807) is 13.8 Å². The Morgan fingerprint density at radius 2 is 2.00 bits per heavy atom. The van der Waals surface area contributed by atoms with Crippen LogP contribution in [-0.4, -0.2) is 23.2 Å². The van der Waals surface area contributed by atoms with Gasteiger partial charge < -0.3 is 10.4 Å². The van der Waals surface area contributed by atoms with Crippen LogP contribution >= 0.6 is 0 Å². The van der Waals surface area contributed by atoms with Gasteiger partial charge in [-0.3, -0.25) is 4.79 Å². The molecule has 1 saturated carbocycles. The van der Waals surface area contributed by atoms with Gasteiger partial charge in [0.05, 0.1) is 5.60 Å². The predicted octanol–water partition coefficient (Wildman–Crippen LogP) is 1.70. The van der Waals surface area contributed by atoms with Crippen LogP contribution in [-0.2, 0) is 4.79 Å². The first-order valence-electron chi connectivity index (χ1n) is 5.90. The van der Waals surface area contributed by atoms with Gasteiger partial charge in [-0.25, -0.2) is 0 Å². The van der Waals surface area contributed by atoms with E-state index in [1.807, 2.05) is 6.92 Å². The van der Waals surface area contributed by atoms with Gasteiger partial charge in [-0.15, -0.1) is 0 Å². The number of amides is 1. The summed E-state index contributed by atoms with van der Waals surface area (Å²) in [5.74, 6) is 0.727. The zero-order valence-corrected chi connectivity index (χ0v) is 10.0. The number of nitrogens with one attached hydrogen (secondary N) is 1. The summed E-state index contributed by atoms with van der Waals surface area (Å²) in [6.07, 6.45) is 4.87.